The molecule has 0 spiro atoms. The summed E-state index contributed by atoms with van der Waals surface area (Å²) >= 11 is 1.45. The number of primary amides is 1. The van der Waals surface area contributed by atoms with E-state index >= 15 is 0 Å². The highest BCUT2D eigenvalue weighted by Gasteiger charge is 2.25. The van der Waals surface area contributed by atoms with Crippen molar-refractivity contribution in [3.05, 3.63) is 99.8 Å². The molecule has 168 valence electrons. The second-order valence-electron chi connectivity index (χ2n) is 7.52. The number of carbonyl (C=O) groups is 1. The van der Waals surface area contributed by atoms with Gasteiger partial charge in [-0.1, -0.05) is 24.3 Å². The maximum absolute atomic E-state index is 13.5. The van der Waals surface area contributed by atoms with Crippen molar-refractivity contribution in [2.75, 3.05) is 11.9 Å². The lowest BCUT2D eigenvalue weighted by Crippen LogP contribution is -2.24. The third-order valence-electron chi connectivity index (χ3n) is 5.24. The van der Waals surface area contributed by atoms with Gasteiger partial charge in [0.05, 0.1) is 18.2 Å². The van der Waals surface area contributed by atoms with Crippen molar-refractivity contribution in [3.8, 4) is 11.3 Å². The molecule has 4 aromatic rings. The number of halogens is 1. The van der Waals surface area contributed by atoms with Crippen molar-refractivity contribution in [1.82, 2.24) is 9.97 Å². The number of nitrogens with one attached hydrogen (secondary N) is 1. The SMILES string of the molecule is NC(=O)C(c1cccnc1)c1ccc(-c2csc(CO)c2)nc1NCCc1cccc(F)c1. The molecular weight excluding hydrogens is 439 g/mol. The molecule has 1 unspecified atom stereocenters. The van der Waals surface area contributed by atoms with Crippen LogP contribution in [0, 0.1) is 5.82 Å². The molecular formula is C25H23FN4O2S. The van der Waals surface area contributed by atoms with Crippen LogP contribution in [0.5, 0.6) is 0 Å². The standard InChI is InChI=1S/C25H23FN4O2S/c26-19-5-1-3-16(11-19)8-10-29-25-21(23(24(27)32)17-4-2-9-28-13-17)6-7-22(30-25)18-12-20(14-31)33-15-18/h1-7,9,11-13,15,23,31H,8,10,14H2,(H2,27,32)(H,29,30). The fraction of sp³-hybridized carbons (Fsp3) is 0.160. The van der Waals surface area contributed by atoms with E-state index in [9.17, 15) is 14.3 Å². The van der Waals surface area contributed by atoms with Gasteiger partial charge in [-0.15, -0.1) is 11.3 Å². The number of pyridine rings is 2. The van der Waals surface area contributed by atoms with Crippen LogP contribution in [-0.2, 0) is 17.8 Å². The third kappa shape index (κ3) is 5.42. The van der Waals surface area contributed by atoms with E-state index in [1.165, 1.54) is 23.5 Å². The number of nitrogens with zero attached hydrogens (tertiary/aromatic N) is 2. The monoisotopic (exact) mass is 462 g/mol. The number of amides is 1. The van der Waals surface area contributed by atoms with Gasteiger partial charge in [-0.3, -0.25) is 9.78 Å². The Bertz CT molecular complexity index is 1250. The quantitative estimate of drug-likeness (QED) is 0.348. The first-order valence-corrected chi connectivity index (χ1v) is 11.3. The number of nitrogens with two attached hydrogens (primary N) is 1. The van der Waals surface area contributed by atoms with E-state index in [2.05, 4.69) is 10.3 Å². The van der Waals surface area contributed by atoms with Gasteiger partial charge < -0.3 is 16.2 Å². The molecule has 0 aliphatic carbocycles. The lowest BCUT2D eigenvalue weighted by molar-refractivity contribution is -0.118. The Morgan fingerprint density at radius 3 is 2.76 bits per heavy atom. The van der Waals surface area contributed by atoms with Crippen molar-refractivity contribution in [1.29, 1.82) is 0 Å². The predicted octanol–water partition coefficient (Wildman–Crippen LogP) is 4.11. The lowest BCUT2D eigenvalue weighted by Gasteiger charge is -2.19. The van der Waals surface area contributed by atoms with E-state index in [1.807, 2.05) is 29.6 Å². The molecule has 1 aromatic carbocycles. The second kappa shape index (κ2) is 10.3. The Hall–Kier alpha value is -3.62. The van der Waals surface area contributed by atoms with Gasteiger partial charge >= 0.3 is 0 Å². The van der Waals surface area contributed by atoms with Crippen LogP contribution in [0.15, 0.2) is 72.4 Å². The summed E-state index contributed by atoms with van der Waals surface area (Å²) in [7, 11) is 0. The first-order valence-electron chi connectivity index (χ1n) is 10.4. The summed E-state index contributed by atoms with van der Waals surface area (Å²) in [5.74, 6) is -1.000. The number of anilines is 1. The van der Waals surface area contributed by atoms with Gasteiger partial charge in [0, 0.05) is 40.3 Å². The van der Waals surface area contributed by atoms with Crippen LogP contribution in [-0.4, -0.2) is 27.5 Å². The van der Waals surface area contributed by atoms with Gasteiger partial charge in [-0.2, -0.15) is 0 Å². The molecule has 4 N–H and O–H groups in total. The van der Waals surface area contributed by atoms with E-state index in [-0.39, 0.29) is 12.4 Å². The minimum absolute atomic E-state index is 0.0355. The Balaban J connectivity index is 1.68. The van der Waals surface area contributed by atoms with Crippen LogP contribution < -0.4 is 11.1 Å². The van der Waals surface area contributed by atoms with Crippen molar-refractivity contribution >= 4 is 23.1 Å². The molecule has 0 fully saturated rings. The normalized spacial score (nSPS) is 11.8. The van der Waals surface area contributed by atoms with Crippen LogP contribution in [0.4, 0.5) is 10.2 Å². The zero-order chi connectivity index (χ0) is 23.2. The van der Waals surface area contributed by atoms with Gasteiger partial charge in [0.1, 0.15) is 11.6 Å². The summed E-state index contributed by atoms with van der Waals surface area (Å²) in [6.45, 7) is 0.448. The summed E-state index contributed by atoms with van der Waals surface area (Å²) in [4.78, 5) is 22.2. The Kier molecular flexibility index (Phi) is 7.07. The molecule has 1 atom stereocenters. The molecule has 8 heteroatoms. The first kappa shape index (κ1) is 22.6. The van der Waals surface area contributed by atoms with Gasteiger partial charge in [-0.05, 0) is 47.9 Å². The van der Waals surface area contributed by atoms with E-state index in [0.717, 1.165) is 16.0 Å². The van der Waals surface area contributed by atoms with Crippen LogP contribution >= 0.6 is 11.3 Å². The summed E-state index contributed by atoms with van der Waals surface area (Å²) in [5.41, 5.74) is 9.53. The first-order chi connectivity index (χ1) is 16.0. The third-order valence-corrected chi connectivity index (χ3v) is 6.16. The molecule has 1 amide bonds. The second-order valence-corrected chi connectivity index (χ2v) is 8.52. The zero-order valence-corrected chi connectivity index (χ0v) is 18.6. The van der Waals surface area contributed by atoms with Gasteiger partial charge in [-0.25, -0.2) is 9.37 Å². The summed E-state index contributed by atoms with van der Waals surface area (Å²) in [5, 5.41) is 14.6. The minimum Gasteiger partial charge on any atom is -0.391 e. The molecule has 3 heterocycles. The smallest absolute Gasteiger partial charge is 0.229 e. The van der Waals surface area contributed by atoms with E-state index < -0.39 is 11.8 Å². The molecule has 3 aromatic heterocycles. The number of hydrogen-bond donors (Lipinski definition) is 3. The Morgan fingerprint density at radius 2 is 2.06 bits per heavy atom. The highest BCUT2D eigenvalue weighted by molar-refractivity contribution is 7.10. The number of hydrogen-bond acceptors (Lipinski definition) is 6. The number of aromatic nitrogens is 2. The Labute approximate surface area is 195 Å². The number of aliphatic hydroxyl groups excluding tert-OH is 1. The van der Waals surface area contributed by atoms with E-state index in [4.69, 9.17) is 10.7 Å². The molecule has 4 rings (SSSR count). The number of rotatable bonds is 9. The Morgan fingerprint density at radius 1 is 1.18 bits per heavy atom. The van der Waals surface area contributed by atoms with Crippen LogP contribution in [0.25, 0.3) is 11.3 Å². The average Bonchev–Trinajstić information content (AvgIpc) is 3.30. The van der Waals surface area contributed by atoms with Crippen molar-refractivity contribution in [2.45, 2.75) is 18.9 Å². The number of aliphatic hydroxyl groups is 1. The van der Waals surface area contributed by atoms with Gasteiger partial charge in [0.15, 0.2) is 0 Å². The minimum atomic E-state index is -0.729. The fourth-order valence-electron chi connectivity index (χ4n) is 3.66. The van der Waals surface area contributed by atoms with Crippen LogP contribution in [0.3, 0.4) is 0 Å². The molecule has 0 radical (unpaired) electrons. The zero-order valence-electron chi connectivity index (χ0n) is 17.7. The topological polar surface area (TPSA) is 101 Å². The highest BCUT2D eigenvalue weighted by Crippen LogP contribution is 2.32. The molecule has 0 aliphatic rings. The molecule has 0 aliphatic heterocycles. The summed E-state index contributed by atoms with van der Waals surface area (Å²) in [6.07, 6.45) is 3.83. The number of thiophene rings is 1. The van der Waals surface area contributed by atoms with Gasteiger partial charge in [0.25, 0.3) is 0 Å². The molecule has 6 nitrogen and oxygen atoms in total. The molecule has 0 saturated carbocycles. The summed E-state index contributed by atoms with van der Waals surface area (Å²) in [6, 6.07) is 15.6. The fourth-order valence-corrected chi connectivity index (χ4v) is 4.40. The lowest BCUT2D eigenvalue weighted by atomic mass is 9.91. The molecule has 0 bridgehead atoms. The highest BCUT2D eigenvalue weighted by atomic mass is 32.1. The predicted molar refractivity (Wildman–Crippen MR) is 127 cm³/mol. The maximum atomic E-state index is 13.5. The van der Waals surface area contributed by atoms with Crippen molar-refractivity contribution in [2.24, 2.45) is 5.73 Å². The molecule has 33 heavy (non-hydrogen) atoms. The van der Waals surface area contributed by atoms with Gasteiger partial charge in [0.2, 0.25) is 5.91 Å². The van der Waals surface area contributed by atoms with Crippen LogP contribution in [0.1, 0.15) is 27.5 Å². The largest absolute Gasteiger partial charge is 0.391 e. The van der Waals surface area contributed by atoms with E-state index in [1.54, 1.807) is 30.6 Å². The van der Waals surface area contributed by atoms with Crippen LogP contribution in [0.2, 0.25) is 0 Å². The average molecular weight is 463 g/mol. The number of benzene rings is 1. The number of carbonyl (C=O) groups excluding carboxylic acids is 1. The van der Waals surface area contributed by atoms with E-state index in [0.29, 0.717) is 35.6 Å². The van der Waals surface area contributed by atoms with Crippen molar-refractivity contribution in [3.63, 3.8) is 0 Å². The molecule has 0 saturated heterocycles. The maximum Gasteiger partial charge on any atom is 0.229 e. The summed E-state index contributed by atoms with van der Waals surface area (Å²) < 4.78 is 13.5. The van der Waals surface area contributed by atoms with Crippen molar-refractivity contribution < 1.29 is 14.3 Å².